The van der Waals surface area contributed by atoms with Crippen molar-refractivity contribution in [3.8, 4) is 0 Å². The highest BCUT2D eigenvalue weighted by molar-refractivity contribution is 5.68. The maximum absolute atomic E-state index is 10.9. The summed E-state index contributed by atoms with van der Waals surface area (Å²) in [5, 5.41) is 8.85. The van der Waals surface area contributed by atoms with Crippen molar-refractivity contribution in [2.45, 2.75) is 84.0 Å². The summed E-state index contributed by atoms with van der Waals surface area (Å²) in [6, 6.07) is 0. The molecule has 0 aliphatic heterocycles. The number of allylic oxidation sites excluding steroid dienone is 2. The molecule has 0 spiro atoms. The minimum Gasteiger partial charge on any atom is -0.268 e. The van der Waals surface area contributed by atoms with Crippen LogP contribution in [-0.4, -0.2) is 11.1 Å². The first-order valence-corrected chi connectivity index (χ1v) is 8.17. The van der Waals surface area contributed by atoms with Crippen molar-refractivity contribution in [3.63, 3.8) is 0 Å². The van der Waals surface area contributed by atoms with Crippen molar-refractivity contribution >= 4 is 5.97 Å². The molecule has 21 heavy (non-hydrogen) atoms. The lowest BCUT2D eigenvalue weighted by atomic mass is 10.1. The largest absolute Gasteiger partial charge is 0.303 e. The summed E-state index contributed by atoms with van der Waals surface area (Å²) in [5.74, 6) is -0.744. The Morgan fingerprint density at radius 1 is 0.952 bits per heavy atom. The summed E-state index contributed by atoms with van der Waals surface area (Å²) in [4.78, 5) is 24.6. The molecule has 0 aromatic heterocycles. The zero-order valence-corrected chi connectivity index (χ0v) is 13.2. The van der Waals surface area contributed by atoms with E-state index < -0.39 is 11.1 Å². The molecule has 0 saturated carbocycles. The molecule has 0 amide bonds. The lowest BCUT2D eigenvalue weighted by Crippen LogP contribution is -2.09. The minimum atomic E-state index is -1.04. The van der Waals surface area contributed by atoms with E-state index in [0.717, 1.165) is 25.7 Å². The molecule has 0 heterocycles. The Morgan fingerprint density at radius 2 is 1.48 bits per heavy atom. The second kappa shape index (κ2) is 15.0. The molecule has 0 aromatic rings. The Hall–Kier alpha value is -1.39. The zero-order valence-electron chi connectivity index (χ0n) is 13.2. The molecule has 0 N–H and O–H groups in total. The number of carbonyl (C=O) groups is 1. The van der Waals surface area contributed by atoms with Crippen molar-refractivity contribution in [1.82, 2.24) is 0 Å². The van der Waals surface area contributed by atoms with Crippen molar-refractivity contribution in [2.24, 2.45) is 0 Å². The summed E-state index contributed by atoms with van der Waals surface area (Å²) in [7, 11) is 0. The smallest absolute Gasteiger partial charge is 0.268 e. The van der Waals surface area contributed by atoms with Crippen LogP contribution in [0.2, 0.25) is 0 Å². The molecular weight excluding hydrogens is 270 g/mol. The number of nitrogens with zero attached hydrogens (tertiary/aromatic N) is 1. The van der Waals surface area contributed by atoms with Crippen LogP contribution in [0.1, 0.15) is 84.0 Å². The van der Waals surface area contributed by atoms with Gasteiger partial charge < -0.3 is 0 Å². The first-order valence-electron chi connectivity index (χ1n) is 8.17. The maximum atomic E-state index is 10.9. The fraction of sp³-hybridized carbons (Fsp3) is 0.812. The van der Waals surface area contributed by atoms with E-state index in [1.165, 1.54) is 38.5 Å². The van der Waals surface area contributed by atoms with Gasteiger partial charge in [-0.1, -0.05) is 57.6 Å². The van der Waals surface area contributed by atoms with Gasteiger partial charge in [-0.05, 0) is 32.1 Å². The van der Waals surface area contributed by atoms with Gasteiger partial charge >= 0.3 is 11.1 Å². The van der Waals surface area contributed by atoms with Crippen molar-refractivity contribution < 1.29 is 14.7 Å². The molecule has 0 unspecified atom stereocenters. The van der Waals surface area contributed by atoms with Crippen LogP contribution in [0.3, 0.4) is 0 Å². The standard InChI is InChI=1S/C16H29NO4/c1-2-3-4-5-6-7-8-9-10-11-12-13-14-15-16(18)21-17(19)20/h7-8H,2-6,9-15H2,1H3/b8-7-. The Labute approximate surface area is 127 Å². The molecule has 0 bridgehead atoms. The van der Waals surface area contributed by atoms with Crippen LogP contribution in [0.15, 0.2) is 12.2 Å². The van der Waals surface area contributed by atoms with Crippen LogP contribution < -0.4 is 0 Å². The Kier molecular flexibility index (Phi) is 14.0. The molecule has 0 fully saturated rings. The average molecular weight is 299 g/mol. The van der Waals surface area contributed by atoms with Gasteiger partial charge in [-0.25, -0.2) is 4.84 Å². The van der Waals surface area contributed by atoms with Crippen molar-refractivity contribution in [2.75, 3.05) is 0 Å². The van der Waals surface area contributed by atoms with E-state index in [-0.39, 0.29) is 6.42 Å². The summed E-state index contributed by atoms with van der Waals surface area (Å²) >= 11 is 0. The molecule has 122 valence electrons. The van der Waals surface area contributed by atoms with Crippen LogP contribution in [-0.2, 0) is 9.63 Å². The second-order valence-electron chi connectivity index (χ2n) is 5.31. The molecular formula is C16H29NO4. The lowest BCUT2D eigenvalue weighted by molar-refractivity contribution is -0.729. The lowest BCUT2D eigenvalue weighted by Gasteiger charge is -2.00. The van der Waals surface area contributed by atoms with E-state index in [0.29, 0.717) is 6.42 Å². The van der Waals surface area contributed by atoms with E-state index in [1.807, 2.05) is 0 Å². The zero-order chi connectivity index (χ0) is 15.8. The van der Waals surface area contributed by atoms with Crippen LogP contribution in [0.4, 0.5) is 0 Å². The van der Waals surface area contributed by atoms with Crippen LogP contribution in [0, 0.1) is 10.1 Å². The summed E-state index contributed by atoms with van der Waals surface area (Å²) in [6.45, 7) is 2.22. The number of hydrogen-bond acceptors (Lipinski definition) is 4. The molecule has 5 heteroatoms. The van der Waals surface area contributed by atoms with Crippen molar-refractivity contribution in [1.29, 1.82) is 0 Å². The fourth-order valence-corrected chi connectivity index (χ4v) is 2.12. The third-order valence-corrected chi connectivity index (χ3v) is 3.32. The van der Waals surface area contributed by atoms with E-state index in [9.17, 15) is 14.9 Å². The van der Waals surface area contributed by atoms with E-state index in [2.05, 4.69) is 23.9 Å². The quantitative estimate of drug-likeness (QED) is 0.196. The van der Waals surface area contributed by atoms with Crippen LogP contribution in [0.25, 0.3) is 0 Å². The molecule has 0 atom stereocenters. The van der Waals surface area contributed by atoms with Gasteiger partial charge in [-0.2, -0.15) is 0 Å². The summed E-state index contributed by atoms with van der Waals surface area (Å²) in [6.07, 6.45) is 17.2. The maximum Gasteiger partial charge on any atom is 0.303 e. The first-order chi connectivity index (χ1) is 10.2. The van der Waals surface area contributed by atoms with Gasteiger partial charge in [0.25, 0.3) is 0 Å². The molecule has 5 nitrogen and oxygen atoms in total. The van der Waals surface area contributed by atoms with E-state index >= 15 is 0 Å². The van der Waals surface area contributed by atoms with Crippen LogP contribution >= 0.6 is 0 Å². The van der Waals surface area contributed by atoms with Gasteiger partial charge in [0.1, 0.15) is 0 Å². The van der Waals surface area contributed by atoms with Gasteiger partial charge in [0.05, 0.1) is 0 Å². The van der Waals surface area contributed by atoms with Gasteiger partial charge in [0.2, 0.25) is 0 Å². The van der Waals surface area contributed by atoms with Gasteiger partial charge in [-0.15, -0.1) is 10.1 Å². The highest BCUT2D eigenvalue weighted by Gasteiger charge is 2.06. The van der Waals surface area contributed by atoms with Gasteiger partial charge in [-0.3, -0.25) is 4.79 Å². The highest BCUT2D eigenvalue weighted by Crippen LogP contribution is 2.09. The first kappa shape index (κ1) is 19.6. The third kappa shape index (κ3) is 16.6. The molecule has 0 radical (unpaired) electrons. The third-order valence-electron chi connectivity index (χ3n) is 3.32. The molecule has 0 aliphatic rings. The summed E-state index contributed by atoms with van der Waals surface area (Å²) in [5.41, 5.74) is 0. The average Bonchev–Trinajstić information content (AvgIpc) is 2.43. The Balaban J connectivity index is 3.20. The Morgan fingerprint density at radius 3 is 2.05 bits per heavy atom. The predicted molar refractivity (Wildman–Crippen MR) is 83.3 cm³/mol. The second-order valence-corrected chi connectivity index (χ2v) is 5.31. The predicted octanol–water partition coefficient (Wildman–Crippen LogP) is 4.98. The number of hydrogen-bond donors (Lipinski definition) is 0. The monoisotopic (exact) mass is 299 g/mol. The van der Waals surface area contributed by atoms with E-state index in [4.69, 9.17) is 0 Å². The van der Waals surface area contributed by atoms with E-state index in [1.54, 1.807) is 0 Å². The van der Waals surface area contributed by atoms with Gasteiger partial charge in [0.15, 0.2) is 0 Å². The Bertz CT molecular complexity index is 303. The fourth-order valence-electron chi connectivity index (χ4n) is 2.12. The topological polar surface area (TPSA) is 69.4 Å². The van der Waals surface area contributed by atoms with Crippen LogP contribution in [0.5, 0.6) is 0 Å². The molecule has 0 saturated heterocycles. The molecule has 0 rings (SSSR count). The van der Waals surface area contributed by atoms with Crippen molar-refractivity contribution in [3.05, 3.63) is 22.3 Å². The number of unbranched alkanes of at least 4 members (excludes halogenated alkanes) is 9. The number of carbonyl (C=O) groups excluding carboxylic acids is 1. The normalized spacial score (nSPS) is 10.9. The highest BCUT2D eigenvalue weighted by atomic mass is 17.0. The molecule has 0 aromatic carbocycles. The minimum absolute atomic E-state index is 0.138. The number of rotatable bonds is 14. The SMILES string of the molecule is CCCCCC/C=C\CCCCCCCC(=O)O[N+](=O)[O-]. The summed E-state index contributed by atoms with van der Waals surface area (Å²) < 4.78 is 0. The van der Waals surface area contributed by atoms with Gasteiger partial charge in [0, 0.05) is 6.42 Å². The molecule has 0 aliphatic carbocycles.